The van der Waals surface area contributed by atoms with E-state index in [4.69, 9.17) is 4.74 Å². The van der Waals surface area contributed by atoms with Crippen molar-refractivity contribution in [1.82, 2.24) is 15.3 Å². The number of methoxy groups -OCH3 is 1. The van der Waals surface area contributed by atoms with Crippen molar-refractivity contribution in [3.8, 4) is 11.4 Å². The number of nitrogens with one attached hydrogen (secondary N) is 2. The molecule has 0 aliphatic carbocycles. The number of aromatic nitrogens is 2. The molecule has 0 aliphatic rings. The molecule has 0 spiro atoms. The van der Waals surface area contributed by atoms with Gasteiger partial charge in [0.05, 0.1) is 6.61 Å². The maximum atomic E-state index is 10.5. The first kappa shape index (κ1) is 15.3. The van der Waals surface area contributed by atoms with Crippen LogP contribution in [0.15, 0.2) is 30.6 Å². The zero-order valence-electron chi connectivity index (χ0n) is 12.6. The quantitative estimate of drug-likeness (QED) is 0.768. The molecule has 0 aliphatic heterocycles. The number of benzene rings is 1. The molecule has 0 radical (unpaired) electrons. The smallest absolute Gasteiger partial charge is 0.207 e. The van der Waals surface area contributed by atoms with Gasteiger partial charge in [-0.3, -0.25) is 4.79 Å². The molecule has 21 heavy (non-hydrogen) atoms. The van der Waals surface area contributed by atoms with Crippen molar-refractivity contribution < 1.29 is 9.53 Å². The maximum absolute atomic E-state index is 10.5. The third-order valence-corrected chi connectivity index (χ3v) is 3.57. The van der Waals surface area contributed by atoms with E-state index in [0.717, 1.165) is 28.9 Å². The Kier molecular flexibility index (Phi) is 4.75. The van der Waals surface area contributed by atoms with Gasteiger partial charge in [0.1, 0.15) is 5.82 Å². The second kappa shape index (κ2) is 6.54. The second-order valence-corrected chi connectivity index (χ2v) is 5.63. The van der Waals surface area contributed by atoms with Crippen molar-refractivity contribution >= 4 is 6.41 Å². The highest BCUT2D eigenvalue weighted by molar-refractivity contribution is 5.62. The fourth-order valence-corrected chi connectivity index (χ4v) is 2.31. The molecule has 5 heteroatoms. The predicted octanol–water partition coefficient (Wildman–Crippen LogP) is 2.25. The number of aromatic amines is 1. The summed E-state index contributed by atoms with van der Waals surface area (Å²) in [6, 6.07) is 6.24. The topological polar surface area (TPSA) is 67.0 Å². The van der Waals surface area contributed by atoms with Crippen LogP contribution in [0.5, 0.6) is 0 Å². The highest BCUT2D eigenvalue weighted by atomic mass is 16.5. The molecule has 0 atom stereocenters. The minimum Gasteiger partial charge on any atom is -0.380 e. The van der Waals surface area contributed by atoms with Gasteiger partial charge >= 0.3 is 0 Å². The van der Waals surface area contributed by atoms with E-state index in [1.807, 2.05) is 0 Å². The van der Waals surface area contributed by atoms with E-state index in [1.165, 1.54) is 0 Å². The van der Waals surface area contributed by atoms with E-state index < -0.39 is 0 Å². The molecule has 1 heterocycles. The van der Waals surface area contributed by atoms with Gasteiger partial charge in [-0.25, -0.2) is 4.98 Å². The molecule has 2 aromatic rings. The van der Waals surface area contributed by atoms with Gasteiger partial charge in [-0.2, -0.15) is 0 Å². The zero-order valence-corrected chi connectivity index (χ0v) is 12.6. The third kappa shape index (κ3) is 3.49. The number of nitrogens with zero attached hydrogens (tertiary/aromatic N) is 1. The molecule has 0 saturated heterocycles. The number of hydrogen-bond acceptors (Lipinski definition) is 3. The van der Waals surface area contributed by atoms with Gasteiger partial charge in [-0.05, 0) is 17.2 Å². The fraction of sp³-hybridized carbons (Fsp3) is 0.375. The lowest BCUT2D eigenvalue weighted by Crippen LogP contribution is -2.32. The molecular weight excluding hydrogens is 266 g/mol. The summed E-state index contributed by atoms with van der Waals surface area (Å²) in [6.07, 6.45) is 4.27. The van der Waals surface area contributed by atoms with Gasteiger partial charge in [0.15, 0.2) is 0 Å². The Hall–Kier alpha value is -2.14. The predicted molar refractivity (Wildman–Crippen MR) is 81.8 cm³/mol. The molecule has 1 aromatic carbocycles. The Bertz CT molecular complexity index is 592. The largest absolute Gasteiger partial charge is 0.380 e. The highest BCUT2D eigenvalue weighted by Gasteiger charge is 2.22. The average Bonchev–Trinajstić information content (AvgIpc) is 3.00. The Morgan fingerprint density at radius 2 is 2.24 bits per heavy atom. The van der Waals surface area contributed by atoms with Crippen molar-refractivity contribution in [3.05, 3.63) is 41.7 Å². The summed E-state index contributed by atoms with van der Waals surface area (Å²) in [5, 5.41) is 2.75. The van der Waals surface area contributed by atoms with Crippen molar-refractivity contribution in [1.29, 1.82) is 0 Å². The molecule has 0 bridgehead atoms. The van der Waals surface area contributed by atoms with Gasteiger partial charge in [0.25, 0.3) is 0 Å². The number of rotatable bonds is 7. The lowest BCUT2D eigenvalue weighted by atomic mass is 9.83. The molecular formula is C16H21N3O2. The van der Waals surface area contributed by atoms with Crippen molar-refractivity contribution in [3.63, 3.8) is 0 Å². The Morgan fingerprint density at radius 1 is 1.43 bits per heavy atom. The van der Waals surface area contributed by atoms with Crippen LogP contribution in [0.3, 0.4) is 0 Å². The van der Waals surface area contributed by atoms with Crippen LogP contribution in [0.2, 0.25) is 0 Å². The third-order valence-electron chi connectivity index (χ3n) is 3.57. The van der Waals surface area contributed by atoms with Crippen molar-refractivity contribution in [2.24, 2.45) is 0 Å². The number of amides is 1. The maximum Gasteiger partial charge on any atom is 0.207 e. The van der Waals surface area contributed by atoms with Crippen LogP contribution >= 0.6 is 0 Å². The first-order valence-electron chi connectivity index (χ1n) is 6.87. The van der Waals surface area contributed by atoms with Crippen LogP contribution in [0.25, 0.3) is 11.4 Å². The SMILES string of the molecule is COCc1ccc(C(C)(C)CNC=O)cc1-c1ncc[nH]1. The second-order valence-electron chi connectivity index (χ2n) is 5.63. The van der Waals surface area contributed by atoms with E-state index in [2.05, 4.69) is 47.3 Å². The highest BCUT2D eigenvalue weighted by Crippen LogP contribution is 2.29. The molecule has 0 saturated carbocycles. The number of carbonyl (C=O) groups is 1. The van der Waals surface area contributed by atoms with Crippen molar-refractivity contribution in [2.75, 3.05) is 13.7 Å². The van der Waals surface area contributed by atoms with E-state index in [-0.39, 0.29) is 5.41 Å². The van der Waals surface area contributed by atoms with Crippen LogP contribution in [0, 0.1) is 0 Å². The Labute approximate surface area is 124 Å². The van der Waals surface area contributed by atoms with E-state index >= 15 is 0 Å². The molecule has 1 aromatic heterocycles. The lowest BCUT2D eigenvalue weighted by molar-refractivity contribution is -0.109. The van der Waals surface area contributed by atoms with E-state index in [0.29, 0.717) is 13.2 Å². The molecule has 0 fully saturated rings. The Morgan fingerprint density at radius 3 is 2.86 bits per heavy atom. The monoisotopic (exact) mass is 287 g/mol. The average molecular weight is 287 g/mol. The normalized spacial score (nSPS) is 11.4. The summed E-state index contributed by atoms with van der Waals surface area (Å²) in [6.45, 7) is 5.31. The summed E-state index contributed by atoms with van der Waals surface area (Å²) in [4.78, 5) is 18.0. The summed E-state index contributed by atoms with van der Waals surface area (Å²) in [5.74, 6) is 0.822. The first-order valence-corrected chi connectivity index (χ1v) is 6.87. The van der Waals surface area contributed by atoms with Gasteiger partial charge in [0.2, 0.25) is 6.41 Å². The van der Waals surface area contributed by atoms with E-state index in [1.54, 1.807) is 19.5 Å². The summed E-state index contributed by atoms with van der Waals surface area (Å²) in [7, 11) is 1.68. The van der Waals surface area contributed by atoms with E-state index in [9.17, 15) is 4.79 Å². The minimum atomic E-state index is -0.159. The number of ether oxygens (including phenoxy) is 1. The first-order chi connectivity index (χ1) is 10.1. The summed E-state index contributed by atoms with van der Waals surface area (Å²) >= 11 is 0. The van der Waals surface area contributed by atoms with Gasteiger partial charge < -0.3 is 15.0 Å². The fourth-order valence-electron chi connectivity index (χ4n) is 2.31. The molecule has 112 valence electrons. The minimum absolute atomic E-state index is 0.159. The van der Waals surface area contributed by atoms with Crippen LogP contribution in [0.4, 0.5) is 0 Å². The van der Waals surface area contributed by atoms with Crippen LogP contribution in [-0.4, -0.2) is 30.0 Å². The lowest BCUT2D eigenvalue weighted by Gasteiger charge is -2.26. The van der Waals surface area contributed by atoms with Crippen LogP contribution < -0.4 is 5.32 Å². The van der Waals surface area contributed by atoms with Crippen molar-refractivity contribution in [2.45, 2.75) is 25.9 Å². The number of carbonyl (C=O) groups excluding carboxylic acids is 1. The van der Waals surface area contributed by atoms with Crippen LogP contribution in [0.1, 0.15) is 25.0 Å². The Balaban J connectivity index is 2.41. The standard InChI is InChI=1S/C16H21N3O2/c1-16(2,10-17-11-20)13-5-4-12(9-21-3)14(8-13)15-18-6-7-19-15/h4-8,11H,9-10H2,1-3H3,(H,17,20)(H,18,19). The molecule has 5 nitrogen and oxygen atoms in total. The summed E-state index contributed by atoms with van der Waals surface area (Å²) in [5.41, 5.74) is 3.09. The molecule has 0 unspecified atom stereocenters. The summed E-state index contributed by atoms with van der Waals surface area (Å²) < 4.78 is 5.26. The zero-order chi connectivity index (χ0) is 15.3. The van der Waals surface area contributed by atoms with Gasteiger partial charge in [-0.1, -0.05) is 26.0 Å². The number of imidazole rings is 1. The van der Waals surface area contributed by atoms with Gasteiger partial charge in [0, 0.05) is 37.0 Å². The number of H-pyrrole nitrogens is 1. The number of hydrogen-bond donors (Lipinski definition) is 2. The molecule has 2 N–H and O–H groups in total. The molecule has 1 amide bonds. The van der Waals surface area contributed by atoms with Crippen LogP contribution in [-0.2, 0) is 21.6 Å². The molecule has 2 rings (SSSR count). The van der Waals surface area contributed by atoms with Gasteiger partial charge in [-0.15, -0.1) is 0 Å².